The number of hydrogen-bond donors (Lipinski definition) is 1. The summed E-state index contributed by atoms with van der Waals surface area (Å²) < 4.78 is 46.5. The number of halogens is 4. The van der Waals surface area contributed by atoms with E-state index in [0.717, 1.165) is 0 Å². The summed E-state index contributed by atoms with van der Waals surface area (Å²) >= 11 is 6.16. The lowest BCUT2D eigenvalue weighted by molar-refractivity contribution is -0.156. The SMILES string of the molecule is Cc1c(C2CC(COc3ccc(C#N)nc3)NC2C(F)(F)F)ccc(C#N)c1Cl. The molecule has 1 aromatic carbocycles. The van der Waals surface area contributed by atoms with Crippen LogP contribution >= 0.6 is 11.6 Å². The van der Waals surface area contributed by atoms with Gasteiger partial charge < -0.3 is 4.74 Å². The number of nitrogens with zero attached hydrogens (tertiary/aromatic N) is 3. The number of pyridine rings is 1. The van der Waals surface area contributed by atoms with E-state index < -0.39 is 24.2 Å². The van der Waals surface area contributed by atoms with Crippen LogP contribution in [0.15, 0.2) is 30.5 Å². The van der Waals surface area contributed by atoms with E-state index in [2.05, 4.69) is 10.3 Å². The predicted molar refractivity (Wildman–Crippen MR) is 99.5 cm³/mol. The fourth-order valence-electron chi connectivity index (χ4n) is 3.54. The van der Waals surface area contributed by atoms with E-state index in [0.29, 0.717) is 16.9 Å². The third-order valence-electron chi connectivity index (χ3n) is 4.96. The van der Waals surface area contributed by atoms with Crippen LogP contribution < -0.4 is 10.1 Å². The van der Waals surface area contributed by atoms with Crippen LogP contribution in [0.2, 0.25) is 5.02 Å². The van der Waals surface area contributed by atoms with Gasteiger partial charge in [-0.15, -0.1) is 0 Å². The number of ether oxygens (including phenoxy) is 1. The summed E-state index contributed by atoms with van der Waals surface area (Å²) in [5, 5.41) is 20.6. The molecule has 0 saturated carbocycles. The van der Waals surface area contributed by atoms with Gasteiger partial charge in [-0.3, -0.25) is 5.32 Å². The number of hydrogen-bond acceptors (Lipinski definition) is 5. The molecular weight excluding hydrogens is 405 g/mol. The molecule has 9 heteroatoms. The molecule has 150 valence electrons. The molecule has 0 aliphatic carbocycles. The molecule has 1 aliphatic heterocycles. The number of benzene rings is 1. The number of alkyl halides is 3. The quantitative estimate of drug-likeness (QED) is 0.800. The van der Waals surface area contributed by atoms with Crippen LogP contribution in [0, 0.1) is 29.6 Å². The largest absolute Gasteiger partial charge is 0.490 e. The Bertz CT molecular complexity index is 979. The lowest BCUT2D eigenvalue weighted by Gasteiger charge is -2.24. The van der Waals surface area contributed by atoms with Crippen LogP contribution in [0.3, 0.4) is 0 Å². The maximum Gasteiger partial charge on any atom is 0.404 e. The van der Waals surface area contributed by atoms with Crippen molar-refractivity contribution in [3.05, 3.63) is 57.9 Å². The third kappa shape index (κ3) is 4.45. The van der Waals surface area contributed by atoms with E-state index in [1.54, 1.807) is 19.1 Å². The summed E-state index contributed by atoms with van der Waals surface area (Å²) in [7, 11) is 0. The van der Waals surface area contributed by atoms with E-state index >= 15 is 0 Å². The van der Waals surface area contributed by atoms with Crippen molar-refractivity contribution in [1.29, 1.82) is 10.5 Å². The minimum atomic E-state index is -4.46. The summed E-state index contributed by atoms with van der Waals surface area (Å²) in [5.74, 6) is -0.483. The van der Waals surface area contributed by atoms with Gasteiger partial charge in [0.25, 0.3) is 0 Å². The lowest BCUT2D eigenvalue weighted by Crippen LogP contribution is -2.44. The van der Waals surface area contributed by atoms with E-state index in [1.807, 2.05) is 12.1 Å². The van der Waals surface area contributed by atoms with Crippen molar-refractivity contribution in [2.24, 2.45) is 0 Å². The second-order valence-electron chi connectivity index (χ2n) is 6.78. The zero-order valence-corrected chi connectivity index (χ0v) is 16.1. The van der Waals surface area contributed by atoms with Crippen molar-refractivity contribution in [1.82, 2.24) is 10.3 Å². The van der Waals surface area contributed by atoms with Gasteiger partial charge in [0.15, 0.2) is 0 Å². The molecule has 29 heavy (non-hydrogen) atoms. The average molecular weight is 421 g/mol. The Morgan fingerprint density at radius 1 is 1.24 bits per heavy atom. The van der Waals surface area contributed by atoms with E-state index in [1.165, 1.54) is 18.3 Å². The summed E-state index contributed by atoms with van der Waals surface area (Å²) in [4.78, 5) is 3.87. The van der Waals surface area contributed by atoms with Crippen molar-refractivity contribution in [3.8, 4) is 17.9 Å². The summed E-state index contributed by atoms with van der Waals surface area (Å²) in [6.45, 7) is 1.64. The Morgan fingerprint density at radius 3 is 2.59 bits per heavy atom. The van der Waals surface area contributed by atoms with Gasteiger partial charge in [0.1, 0.15) is 36.2 Å². The highest BCUT2D eigenvalue weighted by atomic mass is 35.5. The van der Waals surface area contributed by atoms with Gasteiger partial charge >= 0.3 is 6.18 Å². The molecule has 2 aromatic rings. The molecule has 0 bridgehead atoms. The fraction of sp³-hybridized carbons (Fsp3) is 0.350. The lowest BCUT2D eigenvalue weighted by atomic mass is 9.87. The van der Waals surface area contributed by atoms with Crippen LogP contribution in [0.1, 0.15) is 34.7 Å². The highest BCUT2D eigenvalue weighted by Gasteiger charge is 2.51. The van der Waals surface area contributed by atoms with Crippen LogP contribution in [-0.4, -0.2) is 29.9 Å². The summed E-state index contributed by atoms with van der Waals surface area (Å²) in [6, 6.07) is 7.53. The van der Waals surface area contributed by atoms with Crippen LogP contribution in [-0.2, 0) is 0 Å². The van der Waals surface area contributed by atoms with Crippen LogP contribution in [0.4, 0.5) is 13.2 Å². The third-order valence-corrected chi connectivity index (χ3v) is 5.45. The maximum atomic E-state index is 13.7. The molecular formula is C20H16ClF3N4O. The average Bonchev–Trinajstić information content (AvgIpc) is 3.13. The Labute approximate surface area is 170 Å². The van der Waals surface area contributed by atoms with Gasteiger partial charge in [-0.2, -0.15) is 23.7 Å². The molecule has 5 nitrogen and oxygen atoms in total. The van der Waals surface area contributed by atoms with Gasteiger partial charge in [-0.1, -0.05) is 17.7 Å². The zero-order chi connectivity index (χ0) is 21.2. The highest BCUT2D eigenvalue weighted by Crippen LogP contribution is 2.42. The van der Waals surface area contributed by atoms with Crippen molar-refractivity contribution in [2.45, 2.75) is 37.5 Å². The van der Waals surface area contributed by atoms with Gasteiger partial charge in [0.05, 0.1) is 16.8 Å². The first-order valence-electron chi connectivity index (χ1n) is 8.75. The minimum Gasteiger partial charge on any atom is -0.490 e. The molecule has 1 N–H and O–H groups in total. The van der Waals surface area contributed by atoms with Gasteiger partial charge in [-0.05, 0) is 42.7 Å². The second-order valence-corrected chi connectivity index (χ2v) is 7.16. The molecule has 3 unspecified atom stereocenters. The normalized spacial score (nSPS) is 21.4. The Balaban J connectivity index is 1.79. The van der Waals surface area contributed by atoms with Crippen molar-refractivity contribution in [2.75, 3.05) is 6.61 Å². The first kappa shape index (κ1) is 20.9. The Morgan fingerprint density at radius 2 is 2.00 bits per heavy atom. The molecule has 1 aromatic heterocycles. The molecule has 1 saturated heterocycles. The molecule has 2 heterocycles. The molecule has 1 fully saturated rings. The van der Waals surface area contributed by atoms with E-state index in [9.17, 15) is 13.2 Å². The second kappa shape index (κ2) is 8.28. The topological polar surface area (TPSA) is 81.7 Å². The Kier molecular flexibility index (Phi) is 5.97. The van der Waals surface area contributed by atoms with Gasteiger partial charge in [0.2, 0.25) is 0 Å². The molecule has 3 rings (SSSR count). The number of aromatic nitrogens is 1. The standard InChI is InChI=1S/C20H16ClF3N4O/c1-11-16(5-2-12(7-25)18(11)21)17-6-14(28-19(17)20(22,23)24)10-29-15-4-3-13(8-26)27-9-15/h2-5,9,14,17,19,28H,6,10H2,1H3. The van der Waals surface area contributed by atoms with E-state index in [-0.39, 0.29) is 29.3 Å². The first-order valence-corrected chi connectivity index (χ1v) is 9.13. The number of rotatable bonds is 4. The van der Waals surface area contributed by atoms with Crippen molar-refractivity contribution < 1.29 is 17.9 Å². The van der Waals surface area contributed by atoms with Crippen molar-refractivity contribution >= 4 is 11.6 Å². The van der Waals surface area contributed by atoms with Crippen LogP contribution in [0.5, 0.6) is 5.75 Å². The number of nitriles is 2. The molecule has 1 aliphatic rings. The number of nitrogens with one attached hydrogen (secondary N) is 1. The molecule has 0 radical (unpaired) electrons. The van der Waals surface area contributed by atoms with Crippen LogP contribution in [0.25, 0.3) is 0 Å². The summed E-state index contributed by atoms with van der Waals surface area (Å²) in [5.41, 5.74) is 1.40. The smallest absolute Gasteiger partial charge is 0.404 e. The fourth-order valence-corrected chi connectivity index (χ4v) is 3.76. The van der Waals surface area contributed by atoms with Gasteiger partial charge in [-0.25, -0.2) is 4.98 Å². The maximum absolute atomic E-state index is 13.7. The first-order chi connectivity index (χ1) is 13.7. The Hall–Kier alpha value is -2.81. The highest BCUT2D eigenvalue weighted by molar-refractivity contribution is 6.32. The van der Waals surface area contributed by atoms with E-state index in [4.69, 9.17) is 26.9 Å². The monoisotopic (exact) mass is 420 g/mol. The van der Waals surface area contributed by atoms with Crippen molar-refractivity contribution in [3.63, 3.8) is 0 Å². The predicted octanol–water partition coefficient (Wildman–Crippen LogP) is 4.24. The molecule has 3 atom stereocenters. The summed E-state index contributed by atoms with van der Waals surface area (Å²) in [6.07, 6.45) is -2.91. The zero-order valence-electron chi connectivity index (χ0n) is 15.3. The molecule has 0 spiro atoms. The molecule has 0 amide bonds. The minimum absolute atomic E-state index is 0.0136. The van der Waals surface area contributed by atoms with Gasteiger partial charge in [0, 0.05) is 12.0 Å².